The van der Waals surface area contributed by atoms with E-state index in [0.717, 1.165) is 45.2 Å². The van der Waals surface area contributed by atoms with Crippen LogP contribution in [0.4, 0.5) is 5.69 Å². The summed E-state index contributed by atoms with van der Waals surface area (Å²) in [5.41, 5.74) is 7.32. The fourth-order valence-electron chi connectivity index (χ4n) is 3.64. The van der Waals surface area contributed by atoms with Gasteiger partial charge in [0.2, 0.25) is 5.91 Å². The summed E-state index contributed by atoms with van der Waals surface area (Å²) in [6.45, 7) is 7.81. The normalized spacial score (nSPS) is 11.1. The summed E-state index contributed by atoms with van der Waals surface area (Å²) >= 11 is 0. The second-order valence-electron chi connectivity index (χ2n) is 7.43. The van der Waals surface area contributed by atoms with Crippen molar-refractivity contribution >= 4 is 17.2 Å². The van der Waals surface area contributed by atoms with Crippen LogP contribution in [0.2, 0.25) is 0 Å². The van der Waals surface area contributed by atoms with E-state index in [0.29, 0.717) is 18.7 Å². The van der Waals surface area contributed by atoms with E-state index >= 15 is 0 Å². The van der Waals surface area contributed by atoms with Gasteiger partial charge in [0.1, 0.15) is 5.82 Å². The van der Waals surface area contributed by atoms with E-state index < -0.39 is 0 Å². The number of aryl methyl sites for hydroxylation is 4. The van der Waals surface area contributed by atoms with Crippen LogP contribution in [0.15, 0.2) is 42.6 Å². The Hall–Kier alpha value is -3.61. The van der Waals surface area contributed by atoms with Crippen LogP contribution in [0, 0.1) is 27.7 Å². The van der Waals surface area contributed by atoms with E-state index in [1.165, 1.54) is 0 Å². The molecule has 152 valence electrons. The molecule has 3 heterocycles. The van der Waals surface area contributed by atoms with E-state index in [1.54, 1.807) is 6.20 Å². The summed E-state index contributed by atoms with van der Waals surface area (Å²) in [6, 6.07) is 11.5. The molecule has 1 aromatic carbocycles. The second-order valence-corrected chi connectivity index (χ2v) is 7.43. The Morgan fingerprint density at radius 3 is 2.70 bits per heavy atom. The van der Waals surface area contributed by atoms with Crippen molar-refractivity contribution in [1.29, 1.82) is 0 Å². The van der Waals surface area contributed by atoms with Crippen LogP contribution < -0.4 is 5.32 Å². The number of hydrogen-bond acceptors (Lipinski definition) is 5. The minimum absolute atomic E-state index is 0.0402. The molecule has 0 spiro atoms. The van der Waals surface area contributed by atoms with Crippen molar-refractivity contribution in [3.63, 3.8) is 0 Å². The lowest BCUT2D eigenvalue weighted by Gasteiger charge is -2.11. The van der Waals surface area contributed by atoms with Crippen LogP contribution in [-0.2, 0) is 11.2 Å². The first kappa shape index (κ1) is 19.7. The van der Waals surface area contributed by atoms with Gasteiger partial charge in [0.25, 0.3) is 0 Å². The van der Waals surface area contributed by atoms with Gasteiger partial charge in [0, 0.05) is 41.3 Å². The predicted molar refractivity (Wildman–Crippen MR) is 116 cm³/mol. The highest BCUT2D eigenvalue weighted by Gasteiger charge is 2.13. The van der Waals surface area contributed by atoms with Gasteiger partial charge < -0.3 is 5.32 Å². The highest BCUT2D eigenvalue weighted by molar-refractivity contribution is 5.91. The van der Waals surface area contributed by atoms with Crippen molar-refractivity contribution in [2.75, 3.05) is 5.32 Å². The molecule has 0 radical (unpaired) electrons. The van der Waals surface area contributed by atoms with Gasteiger partial charge in [0.15, 0.2) is 5.65 Å². The zero-order chi connectivity index (χ0) is 21.3. The molecule has 4 rings (SSSR count). The van der Waals surface area contributed by atoms with E-state index in [2.05, 4.69) is 25.4 Å². The van der Waals surface area contributed by atoms with Crippen molar-refractivity contribution < 1.29 is 4.79 Å². The number of nitrogens with zero attached hydrogens (tertiary/aromatic N) is 5. The molecule has 1 amide bonds. The molecule has 0 bridgehead atoms. The smallest absolute Gasteiger partial charge is 0.224 e. The number of nitrogens with one attached hydrogen (secondary N) is 1. The summed E-state index contributed by atoms with van der Waals surface area (Å²) in [5.74, 6) is 0.673. The molecule has 7 nitrogen and oxygen atoms in total. The molecule has 4 aromatic rings. The lowest BCUT2D eigenvalue weighted by atomic mass is 10.1. The van der Waals surface area contributed by atoms with Crippen molar-refractivity contribution in [3.8, 4) is 11.3 Å². The van der Waals surface area contributed by atoms with Gasteiger partial charge in [-0.1, -0.05) is 12.1 Å². The van der Waals surface area contributed by atoms with Gasteiger partial charge >= 0.3 is 0 Å². The molecule has 7 heteroatoms. The van der Waals surface area contributed by atoms with E-state index in [-0.39, 0.29) is 5.91 Å². The number of carbonyl (C=O) groups is 1. The third-order valence-corrected chi connectivity index (χ3v) is 5.11. The van der Waals surface area contributed by atoms with Crippen LogP contribution in [0.25, 0.3) is 16.9 Å². The maximum atomic E-state index is 12.6. The van der Waals surface area contributed by atoms with Crippen LogP contribution >= 0.6 is 0 Å². The molecule has 1 N–H and O–H groups in total. The fourth-order valence-corrected chi connectivity index (χ4v) is 3.64. The van der Waals surface area contributed by atoms with Crippen molar-refractivity contribution in [2.24, 2.45) is 0 Å². The number of fused-ring (bicyclic) bond motifs is 1. The zero-order valence-electron chi connectivity index (χ0n) is 17.6. The van der Waals surface area contributed by atoms with Crippen molar-refractivity contribution in [2.45, 2.75) is 40.5 Å². The first-order valence-electron chi connectivity index (χ1n) is 9.93. The number of aromatic nitrogens is 5. The first-order valence-corrected chi connectivity index (χ1v) is 9.93. The minimum atomic E-state index is -0.0402. The highest BCUT2D eigenvalue weighted by Crippen LogP contribution is 2.21. The van der Waals surface area contributed by atoms with E-state index in [1.807, 2.05) is 68.6 Å². The van der Waals surface area contributed by atoms with Crippen molar-refractivity contribution in [1.82, 2.24) is 24.6 Å². The Morgan fingerprint density at radius 1 is 1.07 bits per heavy atom. The standard InChI is InChI=1S/C23H24N6O/c1-14-12-22-25-15(2)20(16(3)29(22)28-14)8-9-23(30)27-19-7-5-6-18(13-19)21-10-11-24-17(4)26-21/h5-7,10-13H,8-9H2,1-4H3,(H,27,30). The Morgan fingerprint density at radius 2 is 1.90 bits per heavy atom. The van der Waals surface area contributed by atoms with Gasteiger partial charge in [-0.15, -0.1) is 0 Å². The topological polar surface area (TPSA) is 85.1 Å². The van der Waals surface area contributed by atoms with Crippen LogP contribution in [-0.4, -0.2) is 30.5 Å². The van der Waals surface area contributed by atoms with Crippen molar-refractivity contribution in [3.05, 3.63) is 71.1 Å². The molecule has 0 unspecified atom stereocenters. The molecule has 3 aromatic heterocycles. The van der Waals surface area contributed by atoms with Crippen LogP contribution in [0.3, 0.4) is 0 Å². The van der Waals surface area contributed by atoms with E-state index in [4.69, 9.17) is 0 Å². The summed E-state index contributed by atoms with van der Waals surface area (Å²) in [4.78, 5) is 25.8. The Balaban J connectivity index is 1.47. The van der Waals surface area contributed by atoms with E-state index in [9.17, 15) is 4.79 Å². The quantitative estimate of drug-likeness (QED) is 0.547. The Kier molecular flexibility index (Phi) is 5.27. The van der Waals surface area contributed by atoms with Gasteiger partial charge in [-0.25, -0.2) is 19.5 Å². The average molecular weight is 400 g/mol. The lowest BCUT2D eigenvalue weighted by molar-refractivity contribution is -0.116. The Labute approximate surface area is 175 Å². The second kappa shape index (κ2) is 8.02. The largest absolute Gasteiger partial charge is 0.326 e. The summed E-state index contributed by atoms with van der Waals surface area (Å²) in [7, 11) is 0. The van der Waals surface area contributed by atoms with Gasteiger partial charge in [0.05, 0.1) is 11.4 Å². The number of benzene rings is 1. The summed E-state index contributed by atoms with van der Waals surface area (Å²) < 4.78 is 1.85. The molecule has 0 aliphatic rings. The SMILES string of the molecule is Cc1cc2nc(C)c(CCC(=O)Nc3cccc(-c4ccnc(C)n4)c3)c(C)n2n1. The molecule has 30 heavy (non-hydrogen) atoms. The van der Waals surface area contributed by atoms with Gasteiger partial charge in [-0.3, -0.25) is 4.79 Å². The van der Waals surface area contributed by atoms with Crippen LogP contribution in [0.5, 0.6) is 0 Å². The molecule has 0 saturated heterocycles. The molecular formula is C23H24N6O. The minimum Gasteiger partial charge on any atom is -0.326 e. The van der Waals surface area contributed by atoms with Gasteiger partial charge in [-0.2, -0.15) is 5.10 Å². The number of amides is 1. The molecule has 0 aliphatic heterocycles. The molecule has 0 saturated carbocycles. The maximum Gasteiger partial charge on any atom is 0.224 e. The first-order chi connectivity index (χ1) is 14.4. The molecule has 0 atom stereocenters. The number of hydrogen-bond donors (Lipinski definition) is 1. The average Bonchev–Trinajstić information content (AvgIpc) is 3.08. The highest BCUT2D eigenvalue weighted by atomic mass is 16.1. The van der Waals surface area contributed by atoms with Gasteiger partial charge in [-0.05, 0) is 57.9 Å². The fraction of sp³-hybridized carbons (Fsp3) is 0.261. The zero-order valence-corrected chi connectivity index (χ0v) is 17.6. The molecular weight excluding hydrogens is 376 g/mol. The number of carbonyl (C=O) groups excluding carboxylic acids is 1. The monoisotopic (exact) mass is 400 g/mol. The summed E-state index contributed by atoms with van der Waals surface area (Å²) in [6.07, 6.45) is 2.71. The molecule has 0 aliphatic carbocycles. The third kappa shape index (κ3) is 4.05. The Bertz CT molecular complexity index is 1240. The molecule has 0 fully saturated rings. The number of rotatable bonds is 5. The lowest BCUT2D eigenvalue weighted by Crippen LogP contribution is -2.14. The number of anilines is 1. The maximum absolute atomic E-state index is 12.6. The predicted octanol–water partition coefficient (Wildman–Crippen LogP) is 3.99. The third-order valence-electron chi connectivity index (χ3n) is 5.11. The van der Waals surface area contributed by atoms with Crippen LogP contribution in [0.1, 0.15) is 34.9 Å². The summed E-state index contributed by atoms with van der Waals surface area (Å²) in [5, 5.41) is 7.49.